The molecule has 0 fully saturated rings. The first kappa shape index (κ1) is 13.8. The van der Waals surface area contributed by atoms with Gasteiger partial charge in [0, 0.05) is 32.1 Å². The van der Waals surface area contributed by atoms with Crippen molar-refractivity contribution in [2.45, 2.75) is 19.9 Å². The highest BCUT2D eigenvalue weighted by Gasteiger charge is 2.03. The Bertz CT molecular complexity index is 468. The summed E-state index contributed by atoms with van der Waals surface area (Å²) in [7, 11) is 0. The predicted molar refractivity (Wildman–Crippen MR) is 76.4 cm³/mol. The van der Waals surface area contributed by atoms with Gasteiger partial charge < -0.3 is 10.1 Å². The van der Waals surface area contributed by atoms with Gasteiger partial charge in [0.2, 0.25) is 0 Å². The molecule has 2 aromatic rings. The summed E-state index contributed by atoms with van der Waals surface area (Å²) in [4.78, 5) is 0. The van der Waals surface area contributed by atoms with E-state index >= 15 is 0 Å². The van der Waals surface area contributed by atoms with Gasteiger partial charge in [0.25, 0.3) is 0 Å². The fourth-order valence-electron chi connectivity index (χ4n) is 1.91. The van der Waals surface area contributed by atoms with Crippen LogP contribution in [0.4, 0.5) is 0 Å². The Balaban J connectivity index is 1.87. The van der Waals surface area contributed by atoms with Gasteiger partial charge in [-0.15, -0.1) is 0 Å². The predicted octanol–water partition coefficient (Wildman–Crippen LogP) is 2.39. The number of rotatable bonds is 8. The quantitative estimate of drug-likeness (QED) is 0.740. The maximum atomic E-state index is 5.44. The van der Waals surface area contributed by atoms with Gasteiger partial charge in [-0.25, -0.2) is 4.68 Å². The van der Waals surface area contributed by atoms with Crippen LogP contribution in [0.1, 0.15) is 18.9 Å². The normalized spacial score (nSPS) is 10.8. The van der Waals surface area contributed by atoms with Crippen molar-refractivity contribution in [3.8, 4) is 5.69 Å². The lowest BCUT2D eigenvalue weighted by Gasteiger charge is -2.10. The Morgan fingerprint density at radius 3 is 2.89 bits per heavy atom. The number of hydrogen-bond acceptors (Lipinski definition) is 3. The summed E-state index contributed by atoms with van der Waals surface area (Å²) in [6.45, 7) is 5.41. The summed E-state index contributed by atoms with van der Waals surface area (Å²) < 4.78 is 7.34. The average molecular weight is 259 g/mol. The van der Waals surface area contributed by atoms with Gasteiger partial charge in [-0.2, -0.15) is 5.10 Å². The van der Waals surface area contributed by atoms with Crippen LogP contribution in [0.25, 0.3) is 5.69 Å². The van der Waals surface area contributed by atoms with Crippen LogP contribution in [0, 0.1) is 0 Å². The van der Waals surface area contributed by atoms with E-state index in [1.165, 1.54) is 5.56 Å². The molecule has 0 aliphatic heterocycles. The summed E-state index contributed by atoms with van der Waals surface area (Å²) in [5.74, 6) is 0. The van der Waals surface area contributed by atoms with E-state index in [0.717, 1.165) is 38.4 Å². The van der Waals surface area contributed by atoms with Gasteiger partial charge in [-0.3, -0.25) is 0 Å². The van der Waals surface area contributed by atoms with Gasteiger partial charge in [-0.05, 0) is 24.1 Å². The maximum absolute atomic E-state index is 5.44. The standard InChI is InChI=1S/C15H21N3O/c1-2-11-19-12-9-16-13-14-6-3-4-7-15(14)18-10-5-8-17-18/h3-8,10,16H,2,9,11-13H2,1H3. The lowest BCUT2D eigenvalue weighted by Crippen LogP contribution is -2.20. The van der Waals surface area contributed by atoms with Crippen LogP contribution in [0.3, 0.4) is 0 Å². The van der Waals surface area contributed by atoms with E-state index in [1.807, 2.05) is 23.0 Å². The molecule has 1 heterocycles. The van der Waals surface area contributed by atoms with Crippen molar-refractivity contribution in [1.29, 1.82) is 0 Å². The Morgan fingerprint density at radius 1 is 1.21 bits per heavy atom. The van der Waals surface area contributed by atoms with Crippen molar-refractivity contribution in [3.05, 3.63) is 48.3 Å². The fourth-order valence-corrected chi connectivity index (χ4v) is 1.91. The second-order valence-corrected chi connectivity index (χ2v) is 4.37. The number of nitrogens with one attached hydrogen (secondary N) is 1. The van der Waals surface area contributed by atoms with Crippen molar-refractivity contribution >= 4 is 0 Å². The zero-order valence-corrected chi connectivity index (χ0v) is 11.4. The maximum Gasteiger partial charge on any atom is 0.0690 e. The van der Waals surface area contributed by atoms with E-state index in [9.17, 15) is 0 Å². The Morgan fingerprint density at radius 2 is 2.11 bits per heavy atom. The SMILES string of the molecule is CCCOCCNCc1ccccc1-n1cccn1. The van der Waals surface area contributed by atoms with Crippen molar-refractivity contribution in [3.63, 3.8) is 0 Å². The second-order valence-electron chi connectivity index (χ2n) is 4.37. The Kier molecular flexibility index (Phi) is 5.59. The summed E-state index contributed by atoms with van der Waals surface area (Å²) in [5.41, 5.74) is 2.36. The lowest BCUT2D eigenvalue weighted by molar-refractivity contribution is 0.136. The average Bonchev–Trinajstić information content (AvgIpc) is 2.97. The molecule has 0 radical (unpaired) electrons. The molecule has 2 rings (SSSR count). The van der Waals surface area contributed by atoms with Crippen LogP contribution in [-0.4, -0.2) is 29.5 Å². The van der Waals surface area contributed by atoms with Gasteiger partial charge >= 0.3 is 0 Å². The largest absolute Gasteiger partial charge is 0.380 e. The van der Waals surface area contributed by atoms with Gasteiger partial charge in [0.1, 0.15) is 0 Å². The van der Waals surface area contributed by atoms with Crippen molar-refractivity contribution in [1.82, 2.24) is 15.1 Å². The summed E-state index contributed by atoms with van der Waals surface area (Å²) in [6, 6.07) is 10.2. The number of benzene rings is 1. The minimum absolute atomic E-state index is 0.762. The molecule has 0 saturated carbocycles. The van der Waals surface area contributed by atoms with Crippen LogP contribution < -0.4 is 5.32 Å². The third-order valence-corrected chi connectivity index (χ3v) is 2.83. The Hall–Kier alpha value is -1.65. The molecule has 4 heteroatoms. The number of aromatic nitrogens is 2. The zero-order valence-electron chi connectivity index (χ0n) is 11.4. The first-order chi connectivity index (χ1) is 9.42. The smallest absolute Gasteiger partial charge is 0.0690 e. The molecule has 0 aliphatic carbocycles. The van der Waals surface area contributed by atoms with Crippen LogP contribution in [0.5, 0.6) is 0 Å². The summed E-state index contributed by atoms with van der Waals surface area (Å²) in [6.07, 6.45) is 4.83. The highest BCUT2D eigenvalue weighted by Crippen LogP contribution is 2.12. The van der Waals surface area contributed by atoms with Gasteiger partial charge in [-0.1, -0.05) is 25.1 Å². The van der Waals surface area contributed by atoms with E-state index in [2.05, 4.69) is 35.5 Å². The number of hydrogen-bond donors (Lipinski definition) is 1. The molecule has 1 aromatic heterocycles. The zero-order chi connectivity index (χ0) is 13.3. The molecule has 1 N–H and O–H groups in total. The Labute approximate surface area is 114 Å². The lowest BCUT2D eigenvalue weighted by atomic mass is 10.2. The molecule has 0 atom stereocenters. The van der Waals surface area contributed by atoms with E-state index < -0.39 is 0 Å². The van der Waals surface area contributed by atoms with Crippen LogP contribution in [-0.2, 0) is 11.3 Å². The summed E-state index contributed by atoms with van der Waals surface area (Å²) in [5, 5.41) is 7.68. The summed E-state index contributed by atoms with van der Waals surface area (Å²) >= 11 is 0. The van der Waals surface area contributed by atoms with Crippen LogP contribution in [0.15, 0.2) is 42.7 Å². The number of ether oxygens (including phenoxy) is 1. The molecule has 1 aromatic carbocycles. The van der Waals surface area contributed by atoms with Gasteiger partial charge in [0.15, 0.2) is 0 Å². The molecule has 0 amide bonds. The van der Waals surface area contributed by atoms with E-state index in [0.29, 0.717) is 0 Å². The van der Waals surface area contributed by atoms with E-state index in [4.69, 9.17) is 4.74 Å². The second kappa shape index (κ2) is 7.71. The minimum atomic E-state index is 0.762. The van der Waals surface area contributed by atoms with Crippen LogP contribution in [0.2, 0.25) is 0 Å². The molecule has 102 valence electrons. The van der Waals surface area contributed by atoms with Crippen molar-refractivity contribution in [2.75, 3.05) is 19.8 Å². The molecule has 0 spiro atoms. The monoisotopic (exact) mass is 259 g/mol. The molecule has 19 heavy (non-hydrogen) atoms. The topological polar surface area (TPSA) is 39.1 Å². The molecule has 0 unspecified atom stereocenters. The van der Waals surface area contributed by atoms with E-state index in [1.54, 1.807) is 6.20 Å². The molecular weight excluding hydrogens is 238 g/mol. The van der Waals surface area contributed by atoms with Crippen LogP contribution >= 0.6 is 0 Å². The molecule has 0 aliphatic rings. The first-order valence-corrected chi connectivity index (χ1v) is 6.78. The fraction of sp³-hybridized carbons (Fsp3) is 0.400. The van der Waals surface area contributed by atoms with E-state index in [-0.39, 0.29) is 0 Å². The third-order valence-electron chi connectivity index (χ3n) is 2.83. The minimum Gasteiger partial charge on any atom is -0.380 e. The highest BCUT2D eigenvalue weighted by molar-refractivity contribution is 5.40. The third kappa shape index (κ3) is 4.19. The number of para-hydroxylation sites is 1. The molecule has 0 saturated heterocycles. The molecule has 0 bridgehead atoms. The first-order valence-electron chi connectivity index (χ1n) is 6.78. The molecule has 4 nitrogen and oxygen atoms in total. The highest BCUT2D eigenvalue weighted by atomic mass is 16.5. The number of nitrogens with zero attached hydrogens (tertiary/aromatic N) is 2. The molecular formula is C15H21N3O. The van der Waals surface area contributed by atoms with Crippen molar-refractivity contribution < 1.29 is 4.74 Å². The van der Waals surface area contributed by atoms with Crippen molar-refractivity contribution in [2.24, 2.45) is 0 Å². The van der Waals surface area contributed by atoms with Gasteiger partial charge in [0.05, 0.1) is 12.3 Å².